The highest BCUT2D eigenvalue weighted by molar-refractivity contribution is 6.32. The van der Waals surface area contributed by atoms with Gasteiger partial charge in [-0.15, -0.1) is 0 Å². The third-order valence-corrected chi connectivity index (χ3v) is 4.40. The lowest BCUT2D eigenvalue weighted by atomic mass is 10.1. The number of rotatable bonds is 4. The molecule has 0 spiro atoms. The van der Waals surface area contributed by atoms with Crippen molar-refractivity contribution in [2.45, 2.75) is 19.4 Å². The Morgan fingerprint density at radius 3 is 2.81 bits per heavy atom. The first-order chi connectivity index (χ1) is 12.9. The van der Waals surface area contributed by atoms with Crippen molar-refractivity contribution in [1.82, 2.24) is 0 Å². The molecule has 3 rings (SSSR count). The van der Waals surface area contributed by atoms with Crippen LogP contribution in [-0.2, 0) is 9.59 Å². The first-order valence-corrected chi connectivity index (χ1v) is 8.52. The highest BCUT2D eigenvalue weighted by atomic mass is 35.5. The van der Waals surface area contributed by atoms with E-state index in [0.717, 1.165) is 6.07 Å². The monoisotopic (exact) mass is 389 g/mol. The molecule has 2 aromatic carbocycles. The second-order valence-corrected chi connectivity index (χ2v) is 6.45. The molecule has 2 amide bonds. The fourth-order valence-corrected chi connectivity index (χ4v) is 3.13. The summed E-state index contributed by atoms with van der Waals surface area (Å²) in [4.78, 5) is 36.5. The number of anilines is 2. The quantitative estimate of drug-likeness (QED) is 0.637. The number of carbonyl (C=O) groups is 2. The van der Waals surface area contributed by atoms with Crippen LogP contribution in [0, 0.1) is 10.1 Å². The summed E-state index contributed by atoms with van der Waals surface area (Å²) < 4.78 is 5.47. The number of non-ortho nitro benzene ring substituents is 1. The maximum atomic E-state index is 12.8. The number of hydrogen-bond donors (Lipinski definition) is 1. The Morgan fingerprint density at radius 2 is 2.11 bits per heavy atom. The normalized spacial score (nSPS) is 16.1. The molecule has 27 heavy (non-hydrogen) atoms. The predicted octanol–water partition coefficient (Wildman–Crippen LogP) is 3.39. The molecule has 0 aliphatic carbocycles. The average molecular weight is 390 g/mol. The van der Waals surface area contributed by atoms with Crippen LogP contribution >= 0.6 is 11.6 Å². The van der Waals surface area contributed by atoms with Crippen LogP contribution in [0.1, 0.15) is 13.3 Å². The minimum absolute atomic E-state index is 0.0400. The number of nitro benzene ring substituents is 1. The Morgan fingerprint density at radius 1 is 1.37 bits per heavy atom. The van der Waals surface area contributed by atoms with Gasteiger partial charge in [0.25, 0.3) is 11.6 Å². The van der Waals surface area contributed by atoms with E-state index in [4.69, 9.17) is 16.3 Å². The molecule has 0 saturated carbocycles. The Balaban J connectivity index is 1.79. The van der Waals surface area contributed by atoms with E-state index < -0.39 is 4.92 Å². The van der Waals surface area contributed by atoms with Crippen LogP contribution in [0.25, 0.3) is 0 Å². The topological polar surface area (TPSA) is 102 Å². The molecule has 0 bridgehead atoms. The van der Waals surface area contributed by atoms with E-state index in [1.807, 2.05) is 0 Å². The van der Waals surface area contributed by atoms with Crippen molar-refractivity contribution in [3.63, 3.8) is 0 Å². The summed E-state index contributed by atoms with van der Waals surface area (Å²) in [6.07, 6.45) is 0.151. The molecule has 1 heterocycles. The molecular formula is C18H16ClN3O5. The minimum Gasteiger partial charge on any atom is -0.482 e. The zero-order chi connectivity index (χ0) is 19.6. The number of nitro groups is 1. The first kappa shape index (κ1) is 18.7. The number of hydrogen-bond acceptors (Lipinski definition) is 5. The van der Waals surface area contributed by atoms with Crippen molar-refractivity contribution < 1.29 is 19.2 Å². The third-order valence-electron chi connectivity index (χ3n) is 4.11. The second kappa shape index (κ2) is 7.63. The third kappa shape index (κ3) is 4.01. The fourth-order valence-electron chi connectivity index (χ4n) is 2.90. The number of nitrogens with zero attached hydrogens (tertiary/aromatic N) is 2. The van der Waals surface area contributed by atoms with E-state index in [9.17, 15) is 19.7 Å². The zero-order valence-corrected chi connectivity index (χ0v) is 15.1. The van der Waals surface area contributed by atoms with Crippen molar-refractivity contribution in [3.05, 3.63) is 57.6 Å². The van der Waals surface area contributed by atoms with E-state index in [-0.39, 0.29) is 47.3 Å². The van der Waals surface area contributed by atoms with Crippen LogP contribution in [0.5, 0.6) is 5.75 Å². The van der Waals surface area contributed by atoms with E-state index in [0.29, 0.717) is 11.4 Å². The van der Waals surface area contributed by atoms with Crippen LogP contribution in [0.4, 0.5) is 17.1 Å². The van der Waals surface area contributed by atoms with Crippen molar-refractivity contribution in [1.29, 1.82) is 0 Å². The molecule has 2 aromatic rings. The van der Waals surface area contributed by atoms with Gasteiger partial charge in [-0.2, -0.15) is 0 Å². The molecule has 0 fully saturated rings. The largest absolute Gasteiger partial charge is 0.482 e. The lowest BCUT2D eigenvalue weighted by Gasteiger charge is -2.27. The maximum Gasteiger partial charge on any atom is 0.271 e. The van der Waals surface area contributed by atoms with Gasteiger partial charge in [-0.25, -0.2) is 0 Å². The summed E-state index contributed by atoms with van der Waals surface area (Å²) in [6, 6.07) is 10.4. The van der Waals surface area contributed by atoms with Gasteiger partial charge in [-0.05, 0) is 25.1 Å². The van der Waals surface area contributed by atoms with Gasteiger partial charge >= 0.3 is 0 Å². The molecule has 9 heteroatoms. The molecule has 1 aliphatic heterocycles. The number of halogens is 1. The molecule has 1 aliphatic rings. The van der Waals surface area contributed by atoms with Crippen molar-refractivity contribution in [2.24, 2.45) is 0 Å². The summed E-state index contributed by atoms with van der Waals surface area (Å²) >= 11 is 5.99. The summed E-state index contributed by atoms with van der Waals surface area (Å²) in [6.45, 7) is 1.45. The Kier molecular flexibility index (Phi) is 5.27. The molecular weight excluding hydrogens is 374 g/mol. The van der Waals surface area contributed by atoms with Crippen LogP contribution in [0.15, 0.2) is 42.5 Å². The van der Waals surface area contributed by atoms with E-state index >= 15 is 0 Å². The number of amides is 2. The van der Waals surface area contributed by atoms with Crippen LogP contribution in [0.2, 0.25) is 5.02 Å². The van der Waals surface area contributed by atoms with Gasteiger partial charge < -0.3 is 15.0 Å². The fraction of sp³-hybridized carbons (Fsp3) is 0.222. The molecule has 1 N–H and O–H groups in total. The van der Waals surface area contributed by atoms with Crippen molar-refractivity contribution in [2.75, 3.05) is 16.8 Å². The van der Waals surface area contributed by atoms with Gasteiger partial charge in [-0.1, -0.05) is 23.7 Å². The molecule has 0 aromatic heterocycles. The van der Waals surface area contributed by atoms with E-state index in [2.05, 4.69) is 5.32 Å². The summed E-state index contributed by atoms with van der Waals surface area (Å²) in [5, 5.41) is 13.6. The summed E-state index contributed by atoms with van der Waals surface area (Å²) in [5.41, 5.74) is 0.964. The highest BCUT2D eigenvalue weighted by Crippen LogP contribution is 2.32. The number of ether oxygens (including phenoxy) is 1. The summed E-state index contributed by atoms with van der Waals surface area (Å²) in [7, 11) is 0. The standard InChI is InChI=1S/C18H16ClN3O5/c1-11-8-17(23)20-14-4-2-3-5-15(14)21(11)18(24)10-27-16-7-6-12(22(25)26)9-13(16)19/h2-7,9,11H,8,10H2,1H3,(H,20,23)/t11-/m0/s1. The number of nitrogens with one attached hydrogen (secondary N) is 1. The lowest BCUT2D eigenvalue weighted by Crippen LogP contribution is -2.41. The van der Waals surface area contributed by atoms with Crippen LogP contribution < -0.4 is 15.0 Å². The van der Waals surface area contributed by atoms with Gasteiger partial charge in [0.05, 0.1) is 21.3 Å². The second-order valence-electron chi connectivity index (χ2n) is 6.04. The first-order valence-electron chi connectivity index (χ1n) is 8.14. The lowest BCUT2D eigenvalue weighted by molar-refractivity contribution is -0.384. The van der Waals surface area contributed by atoms with Gasteiger partial charge in [0, 0.05) is 24.6 Å². The van der Waals surface area contributed by atoms with E-state index in [1.165, 1.54) is 17.0 Å². The van der Waals surface area contributed by atoms with Crippen LogP contribution in [-0.4, -0.2) is 29.4 Å². The number of benzene rings is 2. The average Bonchev–Trinajstić information content (AvgIpc) is 2.74. The predicted molar refractivity (Wildman–Crippen MR) is 100 cm³/mol. The smallest absolute Gasteiger partial charge is 0.271 e. The number of fused-ring (bicyclic) bond motifs is 1. The van der Waals surface area contributed by atoms with Gasteiger partial charge in [0.2, 0.25) is 5.91 Å². The minimum atomic E-state index is -0.569. The van der Waals surface area contributed by atoms with E-state index in [1.54, 1.807) is 31.2 Å². The molecule has 1 atom stereocenters. The van der Waals surface area contributed by atoms with Gasteiger partial charge in [-0.3, -0.25) is 19.7 Å². The highest BCUT2D eigenvalue weighted by Gasteiger charge is 2.29. The number of para-hydroxylation sites is 2. The van der Waals surface area contributed by atoms with Gasteiger partial charge in [0.15, 0.2) is 6.61 Å². The van der Waals surface area contributed by atoms with Crippen LogP contribution in [0.3, 0.4) is 0 Å². The zero-order valence-electron chi connectivity index (χ0n) is 14.3. The molecule has 0 unspecified atom stereocenters. The van der Waals surface area contributed by atoms with Gasteiger partial charge in [0.1, 0.15) is 5.75 Å². The molecule has 0 saturated heterocycles. The van der Waals surface area contributed by atoms with Crippen molar-refractivity contribution in [3.8, 4) is 5.75 Å². The Bertz CT molecular complexity index is 918. The SMILES string of the molecule is C[C@H]1CC(=O)Nc2ccccc2N1C(=O)COc1ccc([N+](=O)[O-])cc1Cl. The summed E-state index contributed by atoms with van der Waals surface area (Å²) in [5.74, 6) is -0.369. The molecule has 140 valence electrons. The number of carbonyl (C=O) groups excluding carboxylic acids is 2. The Hall–Kier alpha value is -3.13. The van der Waals surface area contributed by atoms with Crippen molar-refractivity contribution >= 4 is 40.5 Å². The Labute approximate surface area is 159 Å². The molecule has 8 nitrogen and oxygen atoms in total. The molecule has 0 radical (unpaired) electrons. The maximum absolute atomic E-state index is 12.8.